The number of hydrogen-bond acceptors (Lipinski definition) is 4. The van der Waals surface area contributed by atoms with Crippen LogP contribution in [-0.2, 0) is 0 Å². The molecule has 0 radical (unpaired) electrons. The lowest BCUT2D eigenvalue weighted by molar-refractivity contribution is 0.348. The standard InChI is InChI=1S/C23H28FN3O/c1-13-20-18(17-8-10-28-22(17)14(2)27(20)16-5-6-16)11-19(24)21(13)26-9-7-15(12-26)23(3,4)25/h8,10-11,15-16H,2,5-7,9,12,25H2,1,3-4H3. The second-order valence-electron chi connectivity index (χ2n) is 9.19. The second kappa shape index (κ2) is 5.86. The van der Waals surface area contributed by atoms with Gasteiger partial charge in [-0.3, -0.25) is 0 Å². The topological polar surface area (TPSA) is 45.6 Å². The number of furan rings is 1. The first-order chi connectivity index (χ1) is 13.3. The molecule has 0 bridgehead atoms. The maximum Gasteiger partial charge on any atom is 0.157 e. The number of anilines is 2. The Labute approximate surface area is 165 Å². The zero-order valence-electron chi connectivity index (χ0n) is 16.9. The van der Waals surface area contributed by atoms with E-state index in [1.54, 1.807) is 12.3 Å². The average molecular weight is 381 g/mol. The van der Waals surface area contributed by atoms with Crippen LogP contribution in [-0.4, -0.2) is 24.7 Å². The first-order valence-corrected chi connectivity index (χ1v) is 10.2. The van der Waals surface area contributed by atoms with Crippen LogP contribution in [0.1, 0.15) is 44.4 Å². The lowest BCUT2D eigenvalue weighted by atomic mass is 9.88. The van der Waals surface area contributed by atoms with Crippen molar-refractivity contribution in [3.8, 4) is 11.1 Å². The Morgan fingerprint density at radius 2 is 1.96 bits per heavy atom. The summed E-state index contributed by atoms with van der Waals surface area (Å²) in [5.74, 6) is 0.955. The van der Waals surface area contributed by atoms with Gasteiger partial charge in [0.2, 0.25) is 0 Å². The summed E-state index contributed by atoms with van der Waals surface area (Å²) >= 11 is 0. The molecule has 4 nitrogen and oxygen atoms in total. The van der Waals surface area contributed by atoms with Crippen LogP contribution < -0.4 is 15.5 Å². The third-order valence-corrected chi connectivity index (χ3v) is 6.68. The molecule has 1 atom stereocenters. The zero-order valence-corrected chi connectivity index (χ0v) is 16.9. The van der Waals surface area contributed by atoms with E-state index in [9.17, 15) is 0 Å². The Hall–Kier alpha value is -2.27. The Morgan fingerprint density at radius 1 is 1.21 bits per heavy atom. The fourth-order valence-electron chi connectivity index (χ4n) is 4.96. The minimum absolute atomic E-state index is 0.165. The van der Waals surface area contributed by atoms with Crippen LogP contribution in [0.5, 0.6) is 0 Å². The number of halogens is 1. The van der Waals surface area contributed by atoms with Crippen molar-refractivity contribution in [2.45, 2.75) is 51.6 Å². The highest BCUT2D eigenvalue weighted by Crippen LogP contribution is 2.52. The van der Waals surface area contributed by atoms with E-state index in [2.05, 4.69) is 30.2 Å². The quantitative estimate of drug-likeness (QED) is 0.820. The molecule has 1 aromatic heterocycles. The second-order valence-corrected chi connectivity index (χ2v) is 9.19. The molecule has 1 saturated carbocycles. The van der Waals surface area contributed by atoms with Crippen LogP contribution >= 0.6 is 0 Å². The van der Waals surface area contributed by atoms with Gasteiger partial charge in [-0.25, -0.2) is 4.39 Å². The van der Waals surface area contributed by atoms with Gasteiger partial charge in [-0.05, 0) is 63.6 Å². The van der Waals surface area contributed by atoms with Crippen molar-refractivity contribution in [2.24, 2.45) is 11.7 Å². The third-order valence-electron chi connectivity index (χ3n) is 6.68. The minimum Gasteiger partial charge on any atom is -0.462 e. The molecule has 2 aliphatic heterocycles. The molecule has 5 rings (SSSR count). The van der Waals surface area contributed by atoms with E-state index < -0.39 is 0 Å². The maximum atomic E-state index is 15.4. The van der Waals surface area contributed by atoms with Gasteiger partial charge in [-0.2, -0.15) is 0 Å². The summed E-state index contributed by atoms with van der Waals surface area (Å²) < 4.78 is 21.1. The van der Waals surface area contributed by atoms with Crippen LogP contribution in [0, 0.1) is 18.7 Å². The average Bonchev–Trinajstić information content (AvgIpc) is 3.12. The summed E-state index contributed by atoms with van der Waals surface area (Å²) in [5.41, 5.74) is 11.6. The van der Waals surface area contributed by atoms with Crippen molar-refractivity contribution in [2.75, 3.05) is 22.9 Å². The van der Waals surface area contributed by atoms with Gasteiger partial charge >= 0.3 is 0 Å². The summed E-state index contributed by atoms with van der Waals surface area (Å²) in [6.45, 7) is 12.1. The molecule has 3 aliphatic rings. The van der Waals surface area contributed by atoms with Gasteiger partial charge < -0.3 is 20.0 Å². The van der Waals surface area contributed by atoms with E-state index in [4.69, 9.17) is 10.2 Å². The van der Waals surface area contributed by atoms with Crippen molar-refractivity contribution in [1.82, 2.24) is 0 Å². The van der Waals surface area contributed by atoms with E-state index in [-0.39, 0.29) is 11.4 Å². The summed E-state index contributed by atoms with van der Waals surface area (Å²) in [5, 5.41) is 0. The molecule has 1 aromatic carbocycles. The Bertz CT molecular complexity index is 967. The molecule has 148 valence electrons. The predicted molar refractivity (Wildman–Crippen MR) is 112 cm³/mol. The van der Waals surface area contributed by atoms with Crippen molar-refractivity contribution in [1.29, 1.82) is 0 Å². The van der Waals surface area contributed by atoms with Crippen molar-refractivity contribution < 1.29 is 8.81 Å². The minimum atomic E-state index is -0.257. The first kappa shape index (κ1) is 17.8. The van der Waals surface area contributed by atoms with Crippen molar-refractivity contribution in [3.05, 3.63) is 42.1 Å². The largest absolute Gasteiger partial charge is 0.462 e. The lowest BCUT2D eigenvalue weighted by Crippen LogP contribution is -2.42. The van der Waals surface area contributed by atoms with E-state index >= 15 is 4.39 Å². The zero-order chi connectivity index (χ0) is 19.8. The SMILES string of the molecule is C=C1c2occc2-c2cc(F)c(N3CCC(C(C)(C)N)C3)c(C)c2N1C1CC1. The number of hydrogen-bond donors (Lipinski definition) is 1. The summed E-state index contributed by atoms with van der Waals surface area (Å²) in [6, 6.07) is 4.04. The number of benzene rings is 1. The molecule has 1 saturated heterocycles. The van der Waals surface area contributed by atoms with Crippen LogP contribution in [0.4, 0.5) is 15.8 Å². The van der Waals surface area contributed by atoms with Crippen LogP contribution in [0.15, 0.2) is 29.4 Å². The molecule has 2 aromatic rings. The van der Waals surface area contributed by atoms with Crippen LogP contribution in [0.2, 0.25) is 0 Å². The molecule has 1 unspecified atom stereocenters. The molecule has 28 heavy (non-hydrogen) atoms. The number of fused-ring (bicyclic) bond motifs is 3. The highest BCUT2D eigenvalue weighted by atomic mass is 19.1. The molecule has 2 N–H and O–H groups in total. The molecule has 5 heteroatoms. The smallest absolute Gasteiger partial charge is 0.157 e. The van der Waals surface area contributed by atoms with Crippen LogP contribution in [0.3, 0.4) is 0 Å². The number of nitrogens with two attached hydrogens (primary N) is 1. The van der Waals surface area contributed by atoms with Gasteiger partial charge in [0.05, 0.1) is 23.3 Å². The van der Waals surface area contributed by atoms with Gasteiger partial charge in [-0.15, -0.1) is 0 Å². The summed E-state index contributed by atoms with van der Waals surface area (Å²) in [4.78, 5) is 4.46. The number of rotatable bonds is 3. The maximum absolute atomic E-state index is 15.4. The van der Waals surface area contributed by atoms with Gasteiger partial charge in [0.15, 0.2) is 5.76 Å². The highest BCUT2D eigenvalue weighted by Gasteiger charge is 2.41. The van der Waals surface area contributed by atoms with Crippen LogP contribution in [0.25, 0.3) is 16.8 Å². The number of nitrogens with zero attached hydrogens (tertiary/aromatic N) is 2. The summed E-state index contributed by atoms with van der Waals surface area (Å²) in [6.07, 6.45) is 4.93. The molecule has 2 fully saturated rings. The monoisotopic (exact) mass is 381 g/mol. The van der Waals surface area contributed by atoms with Gasteiger partial charge in [0, 0.05) is 35.8 Å². The summed E-state index contributed by atoms with van der Waals surface area (Å²) in [7, 11) is 0. The van der Waals surface area contributed by atoms with E-state index in [1.807, 2.05) is 13.0 Å². The molecule has 1 aliphatic carbocycles. The fourth-order valence-corrected chi connectivity index (χ4v) is 4.96. The lowest BCUT2D eigenvalue weighted by Gasteiger charge is -2.36. The van der Waals surface area contributed by atoms with E-state index in [0.717, 1.165) is 71.9 Å². The molecular weight excluding hydrogens is 353 g/mol. The van der Waals surface area contributed by atoms with Crippen molar-refractivity contribution >= 4 is 17.1 Å². The molecular formula is C23H28FN3O. The van der Waals surface area contributed by atoms with Gasteiger partial charge in [-0.1, -0.05) is 6.58 Å². The normalized spacial score (nSPS) is 21.9. The van der Waals surface area contributed by atoms with Gasteiger partial charge in [0.1, 0.15) is 5.82 Å². The van der Waals surface area contributed by atoms with Gasteiger partial charge in [0.25, 0.3) is 0 Å². The Kier molecular flexibility index (Phi) is 3.73. The molecule has 0 spiro atoms. The predicted octanol–water partition coefficient (Wildman–Crippen LogP) is 4.91. The Balaban J connectivity index is 1.64. The Morgan fingerprint density at radius 3 is 2.61 bits per heavy atom. The van der Waals surface area contributed by atoms with Crippen molar-refractivity contribution in [3.63, 3.8) is 0 Å². The van der Waals surface area contributed by atoms with E-state index in [0.29, 0.717) is 12.0 Å². The van der Waals surface area contributed by atoms with E-state index in [1.165, 1.54) is 0 Å². The molecule has 0 amide bonds. The first-order valence-electron chi connectivity index (χ1n) is 10.2. The fraction of sp³-hybridized carbons (Fsp3) is 0.478. The third kappa shape index (κ3) is 2.52. The highest BCUT2D eigenvalue weighted by molar-refractivity contribution is 6.00. The molecule has 3 heterocycles.